The molecule has 0 aliphatic rings. The lowest BCUT2D eigenvalue weighted by Gasteiger charge is -2.08. The Labute approximate surface area is 136 Å². The number of aromatic nitrogens is 3. The summed E-state index contributed by atoms with van der Waals surface area (Å²) in [7, 11) is 0. The number of para-hydroxylation sites is 1. The maximum Gasteiger partial charge on any atom is 0.314 e. The van der Waals surface area contributed by atoms with Gasteiger partial charge in [-0.3, -0.25) is 10.1 Å². The fourth-order valence-corrected chi connectivity index (χ4v) is 2.40. The second kappa shape index (κ2) is 6.07. The highest BCUT2D eigenvalue weighted by atomic mass is 19.1. The molecular formula is C16H14FN5O2. The molecule has 0 spiro atoms. The van der Waals surface area contributed by atoms with E-state index in [1.807, 2.05) is 0 Å². The van der Waals surface area contributed by atoms with Gasteiger partial charge in [-0.1, -0.05) is 12.1 Å². The number of pyridine rings is 1. The van der Waals surface area contributed by atoms with Crippen LogP contribution in [0.5, 0.6) is 0 Å². The molecule has 3 aromatic rings. The Balaban J connectivity index is 2.01. The van der Waals surface area contributed by atoms with Crippen LogP contribution in [0.2, 0.25) is 0 Å². The maximum atomic E-state index is 13.9. The zero-order valence-electron chi connectivity index (χ0n) is 13.0. The van der Waals surface area contributed by atoms with E-state index in [4.69, 9.17) is 0 Å². The standard InChI is InChI=1S/C16H14FN5O2/c1-10-7-8-18-16(15(10)22(23)24)20-13-9-19-21(11(13)2)14-6-4-3-5-12(14)17/h3-9H,1-2H3,(H,18,20). The summed E-state index contributed by atoms with van der Waals surface area (Å²) in [5.74, 6) is -0.286. The first-order valence-electron chi connectivity index (χ1n) is 7.15. The fourth-order valence-electron chi connectivity index (χ4n) is 2.40. The Morgan fingerprint density at radius 1 is 1.25 bits per heavy atom. The average Bonchev–Trinajstić information content (AvgIpc) is 2.88. The summed E-state index contributed by atoms with van der Waals surface area (Å²) in [5.41, 5.74) is 1.82. The molecule has 2 heterocycles. The van der Waals surface area contributed by atoms with E-state index in [-0.39, 0.29) is 11.5 Å². The van der Waals surface area contributed by atoms with Gasteiger partial charge in [-0.15, -0.1) is 0 Å². The lowest BCUT2D eigenvalue weighted by molar-refractivity contribution is -0.384. The molecule has 7 nitrogen and oxygen atoms in total. The van der Waals surface area contributed by atoms with Gasteiger partial charge in [0.05, 0.1) is 22.5 Å². The molecule has 0 saturated heterocycles. The molecule has 0 saturated carbocycles. The zero-order valence-corrected chi connectivity index (χ0v) is 13.0. The van der Waals surface area contributed by atoms with E-state index in [1.54, 1.807) is 38.1 Å². The summed E-state index contributed by atoms with van der Waals surface area (Å²) in [4.78, 5) is 14.8. The molecule has 0 amide bonds. The highest BCUT2D eigenvalue weighted by Crippen LogP contribution is 2.30. The quantitative estimate of drug-likeness (QED) is 0.583. The van der Waals surface area contributed by atoms with E-state index in [0.717, 1.165) is 0 Å². The van der Waals surface area contributed by atoms with E-state index < -0.39 is 10.7 Å². The number of nitro groups is 1. The highest BCUT2D eigenvalue weighted by molar-refractivity contribution is 5.68. The average molecular weight is 327 g/mol. The van der Waals surface area contributed by atoms with Crippen molar-refractivity contribution in [2.24, 2.45) is 0 Å². The second-order valence-corrected chi connectivity index (χ2v) is 5.21. The molecule has 3 rings (SSSR count). The van der Waals surface area contributed by atoms with Crippen molar-refractivity contribution in [2.75, 3.05) is 5.32 Å². The summed E-state index contributed by atoms with van der Waals surface area (Å²) in [6.07, 6.45) is 2.97. The van der Waals surface area contributed by atoms with Crippen LogP contribution in [0.15, 0.2) is 42.7 Å². The van der Waals surface area contributed by atoms with Crippen molar-refractivity contribution < 1.29 is 9.31 Å². The van der Waals surface area contributed by atoms with Crippen molar-refractivity contribution in [1.29, 1.82) is 0 Å². The van der Waals surface area contributed by atoms with Crippen molar-refractivity contribution in [3.8, 4) is 5.69 Å². The van der Waals surface area contributed by atoms with Crippen LogP contribution in [0.1, 0.15) is 11.3 Å². The predicted molar refractivity (Wildman–Crippen MR) is 87.2 cm³/mol. The summed E-state index contributed by atoms with van der Waals surface area (Å²) in [6.45, 7) is 3.38. The van der Waals surface area contributed by atoms with E-state index in [0.29, 0.717) is 22.6 Å². The molecule has 1 aromatic carbocycles. The smallest absolute Gasteiger partial charge is 0.314 e. The van der Waals surface area contributed by atoms with Crippen LogP contribution in [-0.2, 0) is 0 Å². The van der Waals surface area contributed by atoms with Gasteiger partial charge in [0.1, 0.15) is 11.5 Å². The molecule has 0 unspecified atom stereocenters. The first-order valence-corrected chi connectivity index (χ1v) is 7.15. The van der Waals surface area contributed by atoms with Crippen molar-refractivity contribution in [3.63, 3.8) is 0 Å². The number of rotatable bonds is 4. The van der Waals surface area contributed by atoms with E-state index >= 15 is 0 Å². The van der Waals surface area contributed by atoms with Crippen molar-refractivity contribution in [2.45, 2.75) is 13.8 Å². The summed E-state index contributed by atoms with van der Waals surface area (Å²) < 4.78 is 15.4. The van der Waals surface area contributed by atoms with Gasteiger partial charge < -0.3 is 5.32 Å². The van der Waals surface area contributed by atoms with Gasteiger partial charge in [0.25, 0.3) is 0 Å². The molecule has 8 heteroatoms. The molecule has 2 aromatic heterocycles. The summed E-state index contributed by atoms with van der Waals surface area (Å²) >= 11 is 0. The summed E-state index contributed by atoms with van der Waals surface area (Å²) in [6, 6.07) is 7.82. The number of hydrogen-bond acceptors (Lipinski definition) is 5. The normalized spacial score (nSPS) is 10.6. The van der Waals surface area contributed by atoms with Gasteiger partial charge >= 0.3 is 5.69 Å². The van der Waals surface area contributed by atoms with Crippen LogP contribution in [0.3, 0.4) is 0 Å². The number of nitrogens with one attached hydrogen (secondary N) is 1. The molecule has 0 aliphatic carbocycles. The third kappa shape index (κ3) is 2.69. The van der Waals surface area contributed by atoms with Crippen molar-refractivity contribution in [1.82, 2.24) is 14.8 Å². The van der Waals surface area contributed by atoms with Crippen LogP contribution in [0, 0.1) is 29.8 Å². The number of aryl methyl sites for hydroxylation is 1. The monoisotopic (exact) mass is 327 g/mol. The Hall–Kier alpha value is -3.29. The zero-order chi connectivity index (χ0) is 17.3. The highest BCUT2D eigenvalue weighted by Gasteiger charge is 2.20. The number of nitrogens with zero attached hydrogens (tertiary/aromatic N) is 4. The Morgan fingerprint density at radius 2 is 2.00 bits per heavy atom. The first-order chi connectivity index (χ1) is 11.5. The first kappa shape index (κ1) is 15.6. The SMILES string of the molecule is Cc1ccnc(Nc2cnn(-c3ccccc3F)c2C)c1[N+](=O)[O-]. The number of halogens is 1. The van der Waals surface area contributed by atoms with Crippen molar-refractivity contribution >= 4 is 17.2 Å². The third-order valence-corrected chi connectivity index (χ3v) is 3.65. The van der Waals surface area contributed by atoms with Gasteiger partial charge in [0, 0.05) is 11.8 Å². The fraction of sp³-hybridized carbons (Fsp3) is 0.125. The largest absolute Gasteiger partial charge is 0.332 e. The molecule has 1 N–H and O–H groups in total. The topological polar surface area (TPSA) is 85.9 Å². The van der Waals surface area contributed by atoms with Gasteiger partial charge in [0.15, 0.2) is 0 Å². The van der Waals surface area contributed by atoms with Gasteiger partial charge in [-0.05, 0) is 32.0 Å². The van der Waals surface area contributed by atoms with Crippen LogP contribution in [-0.4, -0.2) is 19.7 Å². The summed E-state index contributed by atoms with van der Waals surface area (Å²) in [5, 5.41) is 18.3. The lowest BCUT2D eigenvalue weighted by atomic mass is 10.2. The number of hydrogen-bond donors (Lipinski definition) is 1. The molecular weight excluding hydrogens is 313 g/mol. The minimum Gasteiger partial charge on any atom is -0.332 e. The van der Waals surface area contributed by atoms with Crippen LogP contribution >= 0.6 is 0 Å². The van der Waals surface area contributed by atoms with Crippen molar-refractivity contribution in [3.05, 3.63) is 69.9 Å². The second-order valence-electron chi connectivity index (χ2n) is 5.21. The molecule has 0 aliphatic heterocycles. The van der Waals surface area contributed by atoms with Gasteiger partial charge in [-0.2, -0.15) is 5.10 Å². The molecule has 0 atom stereocenters. The lowest BCUT2D eigenvalue weighted by Crippen LogP contribution is -2.04. The van der Waals surface area contributed by atoms with E-state index in [9.17, 15) is 14.5 Å². The number of benzene rings is 1. The molecule has 0 radical (unpaired) electrons. The third-order valence-electron chi connectivity index (χ3n) is 3.65. The predicted octanol–water partition coefficient (Wildman–Crippen LogP) is 3.68. The van der Waals surface area contributed by atoms with Crippen LogP contribution < -0.4 is 5.32 Å². The minimum atomic E-state index is -0.485. The molecule has 122 valence electrons. The van der Waals surface area contributed by atoms with E-state index in [2.05, 4.69) is 15.4 Å². The Bertz CT molecular complexity index is 923. The Kier molecular flexibility index (Phi) is 3.95. The van der Waals surface area contributed by atoms with Gasteiger partial charge in [-0.25, -0.2) is 14.1 Å². The van der Waals surface area contributed by atoms with E-state index in [1.165, 1.54) is 23.1 Å². The molecule has 0 fully saturated rings. The maximum absolute atomic E-state index is 13.9. The van der Waals surface area contributed by atoms with Crippen LogP contribution in [0.4, 0.5) is 21.6 Å². The molecule has 0 bridgehead atoms. The minimum absolute atomic E-state index is 0.101. The van der Waals surface area contributed by atoms with Gasteiger partial charge in [0.2, 0.25) is 5.82 Å². The van der Waals surface area contributed by atoms with Crippen LogP contribution in [0.25, 0.3) is 5.69 Å². The number of anilines is 2. The molecule has 24 heavy (non-hydrogen) atoms. The Morgan fingerprint density at radius 3 is 2.71 bits per heavy atom.